The van der Waals surface area contributed by atoms with Gasteiger partial charge in [0.2, 0.25) is 0 Å². The summed E-state index contributed by atoms with van der Waals surface area (Å²) in [6.45, 7) is 2.46. The maximum absolute atomic E-state index is 12.0. The van der Waals surface area contributed by atoms with Crippen molar-refractivity contribution >= 4 is 5.69 Å². The van der Waals surface area contributed by atoms with Crippen LogP contribution in [0.3, 0.4) is 0 Å². The molecule has 21 heavy (non-hydrogen) atoms. The number of hydrogen-bond acceptors (Lipinski definition) is 3. The largest absolute Gasteiger partial charge is 0.394 e. The molecule has 1 aliphatic rings. The lowest BCUT2D eigenvalue weighted by Gasteiger charge is -2.08. The van der Waals surface area contributed by atoms with Crippen LogP contribution in [-0.4, -0.2) is 9.78 Å². The van der Waals surface area contributed by atoms with E-state index < -0.39 is 0 Å². The Morgan fingerprint density at radius 2 is 2.19 bits per heavy atom. The molecule has 2 aromatic rings. The monoisotopic (exact) mass is 279 g/mol. The van der Waals surface area contributed by atoms with Crippen LogP contribution in [0.25, 0.3) is 11.3 Å². The zero-order chi connectivity index (χ0) is 14.8. The van der Waals surface area contributed by atoms with Crippen molar-refractivity contribution in [2.24, 2.45) is 5.92 Å². The highest BCUT2D eigenvalue weighted by atomic mass is 16.1. The second-order valence-corrected chi connectivity index (χ2v) is 5.37. The zero-order valence-corrected chi connectivity index (χ0v) is 12.0. The lowest BCUT2D eigenvalue weighted by molar-refractivity contribution is 0.537. The summed E-state index contributed by atoms with van der Waals surface area (Å²) in [6, 6.07) is 9.44. The topological polar surface area (TPSA) is 60.9 Å². The molecule has 1 heterocycles. The predicted octanol–water partition coefficient (Wildman–Crippen LogP) is 2.27. The average Bonchev–Trinajstić information content (AvgIpc) is 3.28. The Bertz CT molecular complexity index is 792. The highest BCUT2D eigenvalue weighted by Gasteiger charge is 2.23. The number of benzene rings is 1. The van der Waals surface area contributed by atoms with Crippen LogP contribution < -0.4 is 11.3 Å². The SMILES string of the molecule is CC#Cc1cccc(-c2cc(N)c(=O)n(CC3CC3)n2)c1. The van der Waals surface area contributed by atoms with Gasteiger partial charge in [0.15, 0.2) is 0 Å². The molecule has 0 amide bonds. The first-order chi connectivity index (χ1) is 10.2. The minimum Gasteiger partial charge on any atom is -0.394 e. The summed E-state index contributed by atoms with van der Waals surface area (Å²) in [5.74, 6) is 6.47. The molecule has 2 N–H and O–H groups in total. The average molecular weight is 279 g/mol. The van der Waals surface area contributed by atoms with Gasteiger partial charge in [-0.05, 0) is 43.9 Å². The number of rotatable bonds is 3. The van der Waals surface area contributed by atoms with Gasteiger partial charge in [-0.25, -0.2) is 4.68 Å². The summed E-state index contributed by atoms with van der Waals surface area (Å²) in [5.41, 5.74) is 8.46. The maximum Gasteiger partial charge on any atom is 0.289 e. The normalized spacial score (nSPS) is 13.6. The predicted molar refractivity (Wildman–Crippen MR) is 83.6 cm³/mol. The molecule has 1 aromatic heterocycles. The van der Waals surface area contributed by atoms with Crippen molar-refractivity contribution in [2.45, 2.75) is 26.3 Å². The van der Waals surface area contributed by atoms with E-state index in [1.807, 2.05) is 24.3 Å². The van der Waals surface area contributed by atoms with Crippen LogP contribution in [0, 0.1) is 17.8 Å². The Labute approximate surface area is 123 Å². The lowest BCUT2D eigenvalue weighted by Crippen LogP contribution is -2.26. The van der Waals surface area contributed by atoms with Crippen molar-refractivity contribution in [3.63, 3.8) is 0 Å². The van der Waals surface area contributed by atoms with E-state index in [4.69, 9.17) is 5.73 Å². The maximum atomic E-state index is 12.0. The van der Waals surface area contributed by atoms with Crippen LogP contribution in [0.4, 0.5) is 5.69 Å². The quantitative estimate of drug-likeness (QED) is 0.877. The van der Waals surface area contributed by atoms with Gasteiger partial charge in [-0.1, -0.05) is 18.1 Å². The van der Waals surface area contributed by atoms with Crippen LogP contribution >= 0.6 is 0 Å². The summed E-state index contributed by atoms with van der Waals surface area (Å²) in [4.78, 5) is 12.0. The first-order valence-corrected chi connectivity index (χ1v) is 7.08. The van der Waals surface area contributed by atoms with Gasteiger partial charge < -0.3 is 5.73 Å². The molecule has 0 bridgehead atoms. The summed E-state index contributed by atoms with van der Waals surface area (Å²) >= 11 is 0. The molecule has 4 nitrogen and oxygen atoms in total. The highest BCUT2D eigenvalue weighted by Crippen LogP contribution is 2.30. The van der Waals surface area contributed by atoms with E-state index in [2.05, 4.69) is 16.9 Å². The molecule has 0 saturated heterocycles. The van der Waals surface area contributed by atoms with Crippen molar-refractivity contribution < 1.29 is 0 Å². The van der Waals surface area contributed by atoms with E-state index in [1.54, 1.807) is 13.0 Å². The third kappa shape index (κ3) is 2.97. The second kappa shape index (κ2) is 5.45. The van der Waals surface area contributed by atoms with Crippen LogP contribution in [0.1, 0.15) is 25.3 Å². The number of anilines is 1. The van der Waals surface area contributed by atoms with E-state index in [0.717, 1.165) is 11.1 Å². The number of nitrogen functional groups attached to an aromatic ring is 1. The van der Waals surface area contributed by atoms with E-state index >= 15 is 0 Å². The molecule has 0 unspecified atom stereocenters. The molecule has 106 valence electrons. The van der Waals surface area contributed by atoms with Crippen molar-refractivity contribution in [1.29, 1.82) is 0 Å². The Balaban J connectivity index is 2.04. The number of nitrogens with two attached hydrogens (primary N) is 1. The molecule has 0 radical (unpaired) electrons. The number of nitrogens with zero attached hydrogens (tertiary/aromatic N) is 2. The van der Waals surface area contributed by atoms with Crippen LogP contribution in [-0.2, 0) is 6.54 Å². The Morgan fingerprint density at radius 3 is 2.90 bits per heavy atom. The molecule has 0 atom stereocenters. The molecular weight excluding hydrogens is 262 g/mol. The summed E-state index contributed by atoms with van der Waals surface area (Å²) in [5, 5.41) is 4.46. The van der Waals surface area contributed by atoms with Gasteiger partial charge in [-0.2, -0.15) is 5.10 Å². The van der Waals surface area contributed by atoms with Gasteiger partial charge in [0.1, 0.15) is 5.69 Å². The Hall–Kier alpha value is -2.54. The van der Waals surface area contributed by atoms with Gasteiger partial charge in [0.05, 0.1) is 5.69 Å². The minimum absolute atomic E-state index is 0.199. The van der Waals surface area contributed by atoms with Gasteiger partial charge in [0.25, 0.3) is 5.56 Å². The molecule has 3 rings (SSSR count). The lowest BCUT2D eigenvalue weighted by atomic mass is 10.1. The first-order valence-electron chi connectivity index (χ1n) is 7.08. The number of hydrogen-bond donors (Lipinski definition) is 1. The van der Waals surface area contributed by atoms with Gasteiger partial charge >= 0.3 is 0 Å². The first kappa shape index (κ1) is 13.4. The third-order valence-electron chi connectivity index (χ3n) is 3.56. The summed E-state index contributed by atoms with van der Waals surface area (Å²) in [7, 11) is 0. The van der Waals surface area contributed by atoms with Crippen molar-refractivity contribution in [1.82, 2.24) is 9.78 Å². The fourth-order valence-corrected chi connectivity index (χ4v) is 2.27. The van der Waals surface area contributed by atoms with E-state index in [-0.39, 0.29) is 11.2 Å². The molecule has 1 saturated carbocycles. The minimum atomic E-state index is -0.199. The highest BCUT2D eigenvalue weighted by molar-refractivity contribution is 5.64. The Kier molecular flexibility index (Phi) is 3.49. The fraction of sp³-hybridized carbons (Fsp3) is 0.294. The molecule has 1 aliphatic carbocycles. The molecular formula is C17H17N3O. The molecule has 1 fully saturated rings. The van der Waals surface area contributed by atoms with Crippen molar-refractivity contribution in [2.75, 3.05) is 5.73 Å². The molecule has 0 aliphatic heterocycles. The third-order valence-corrected chi connectivity index (χ3v) is 3.56. The summed E-state index contributed by atoms with van der Waals surface area (Å²) in [6.07, 6.45) is 2.33. The zero-order valence-electron chi connectivity index (χ0n) is 12.0. The van der Waals surface area contributed by atoms with E-state index in [1.165, 1.54) is 17.5 Å². The van der Waals surface area contributed by atoms with Gasteiger partial charge in [-0.3, -0.25) is 4.79 Å². The van der Waals surface area contributed by atoms with E-state index in [0.29, 0.717) is 18.2 Å². The molecule has 4 heteroatoms. The molecule has 0 spiro atoms. The van der Waals surface area contributed by atoms with Crippen molar-refractivity contribution in [3.8, 4) is 23.1 Å². The van der Waals surface area contributed by atoms with Crippen LogP contribution in [0.15, 0.2) is 35.1 Å². The van der Waals surface area contributed by atoms with Crippen LogP contribution in [0.5, 0.6) is 0 Å². The van der Waals surface area contributed by atoms with Crippen LogP contribution in [0.2, 0.25) is 0 Å². The van der Waals surface area contributed by atoms with Gasteiger partial charge in [-0.15, -0.1) is 5.92 Å². The number of aromatic nitrogens is 2. The summed E-state index contributed by atoms with van der Waals surface area (Å²) < 4.78 is 1.50. The standard InChI is InChI=1S/C17H17N3O/c1-2-4-12-5-3-6-14(9-12)16-10-15(18)17(21)20(19-16)11-13-7-8-13/h3,5-6,9-10,13H,7-8,11,18H2,1H3. The van der Waals surface area contributed by atoms with Crippen molar-refractivity contribution in [3.05, 3.63) is 46.2 Å². The Morgan fingerprint density at radius 1 is 1.38 bits per heavy atom. The van der Waals surface area contributed by atoms with E-state index in [9.17, 15) is 4.79 Å². The van der Waals surface area contributed by atoms with Gasteiger partial charge in [0, 0.05) is 17.7 Å². The second-order valence-electron chi connectivity index (χ2n) is 5.37. The fourth-order valence-electron chi connectivity index (χ4n) is 2.27. The smallest absolute Gasteiger partial charge is 0.289 e. The molecule has 1 aromatic carbocycles.